The number of pyridine rings is 1. The molecule has 8 heteroatoms. The maximum atomic E-state index is 13.2. The van der Waals surface area contributed by atoms with E-state index in [4.69, 9.17) is 5.26 Å². The summed E-state index contributed by atoms with van der Waals surface area (Å²) in [6, 6.07) is 2.43. The lowest BCUT2D eigenvalue weighted by Gasteiger charge is -2.32. The number of aliphatic imine (C=N–C) groups is 1. The zero-order valence-corrected chi connectivity index (χ0v) is 13.6. The quantitative estimate of drug-likeness (QED) is 0.286. The Labute approximate surface area is 134 Å². The Bertz CT molecular complexity index is 652. The zero-order valence-electron chi connectivity index (χ0n) is 13.6. The smallest absolute Gasteiger partial charge is 0.214 e. The average Bonchev–Trinajstić information content (AvgIpc) is 2.59. The molecule has 1 aromatic rings. The lowest BCUT2D eigenvalue weighted by molar-refractivity contribution is -0.245. The monoisotopic (exact) mass is 319 g/mol. The number of aromatic nitrogens is 1. The van der Waals surface area contributed by atoms with Crippen LogP contribution in [0.15, 0.2) is 23.3 Å². The van der Waals surface area contributed by atoms with E-state index in [1.165, 1.54) is 12.3 Å². The minimum absolute atomic E-state index is 0.169. The van der Waals surface area contributed by atoms with Crippen molar-refractivity contribution in [2.24, 2.45) is 4.99 Å². The highest BCUT2D eigenvalue weighted by Gasteiger charge is 2.52. The lowest BCUT2D eigenvalue weighted by Crippen LogP contribution is -2.47. The van der Waals surface area contributed by atoms with Gasteiger partial charge in [0.05, 0.1) is 11.6 Å². The minimum Gasteiger partial charge on any atom is -0.325 e. The highest BCUT2D eigenvalue weighted by molar-refractivity contribution is 5.94. The van der Waals surface area contributed by atoms with Gasteiger partial charge in [0.15, 0.2) is 6.19 Å². The van der Waals surface area contributed by atoms with Crippen LogP contribution in [-0.2, 0) is 5.21 Å². The first-order valence-electron chi connectivity index (χ1n) is 7.26. The fourth-order valence-corrected chi connectivity index (χ4v) is 2.85. The summed E-state index contributed by atoms with van der Waals surface area (Å²) in [5.74, 6) is -0.471. The predicted molar refractivity (Wildman–Crippen MR) is 83.1 cm³/mol. The highest BCUT2D eigenvalue weighted by Crippen LogP contribution is 2.41. The number of hydrogen-bond donors (Lipinski definition) is 2. The molecule has 2 heterocycles. The van der Waals surface area contributed by atoms with Gasteiger partial charge in [0.25, 0.3) is 0 Å². The molecular weight excluding hydrogens is 299 g/mol. The van der Waals surface area contributed by atoms with Gasteiger partial charge in [-0.15, -0.1) is 10.3 Å². The van der Waals surface area contributed by atoms with Gasteiger partial charge in [-0.05, 0) is 40.2 Å². The van der Waals surface area contributed by atoms with Crippen molar-refractivity contribution in [2.45, 2.75) is 51.2 Å². The van der Waals surface area contributed by atoms with Crippen LogP contribution in [0.2, 0.25) is 0 Å². The normalized spacial score (nSPS) is 23.3. The average molecular weight is 319 g/mol. The van der Waals surface area contributed by atoms with Gasteiger partial charge < -0.3 is 5.32 Å². The van der Waals surface area contributed by atoms with E-state index < -0.39 is 17.0 Å². The molecule has 1 atom stereocenters. The van der Waals surface area contributed by atoms with Gasteiger partial charge >= 0.3 is 0 Å². The third-order valence-corrected chi connectivity index (χ3v) is 4.03. The first kappa shape index (κ1) is 17.1. The minimum atomic E-state index is -0.711. The summed E-state index contributed by atoms with van der Waals surface area (Å²) >= 11 is 0. The molecule has 1 unspecified atom stereocenters. The molecule has 1 radical (unpaired) electrons. The molecule has 1 aromatic heterocycles. The largest absolute Gasteiger partial charge is 0.325 e. The Morgan fingerprint density at radius 1 is 1.52 bits per heavy atom. The summed E-state index contributed by atoms with van der Waals surface area (Å²) in [7, 11) is 0. The standard InChI is InChI=1S/C15H20FN6O/c1-14(2)8-11(15(3,4)22(14)23)21-13(19-9-17)20-10-5-6-18-12(16)7-10/h5-7,11H,8H2,1-4H3,(H2,18,19,20,21). The van der Waals surface area contributed by atoms with Crippen molar-refractivity contribution in [3.05, 3.63) is 24.3 Å². The third-order valence-electron chi connectivity index (χ3n) is 4.03. The number of anilines is 1. The number of nitrogens with one attached hydrogen (secondary N) is 2. The van der Waals surface area contributed by atoms with Crippen LogP contribution in [0.1, 0.15) is 34.1 Å². The number of nitriles is 1. The number of guanidine groups is 1. The summed E-state index contributed by atoms with van der Waals surface area (Å²) in [5.41, 5.74) is -0.844. The van der Waals surface area contributed by atoms with Crippen molar-refractivity contribution in [3.8, 4) is 6.19 Å². The lowest BCUT2D eigenvalue weighted by atomic mass is 9.95. The fraction of sp³-hybridized carbons (Fsp3) is 0.533. The molecule has 1 saturated heterocycles. The molecule has 1 aliphatic rings. The highest BCUT2D eigenvalue weighted by atomic mass is 19.1. The van der Waals surface area contributed by atoms with E-state index in [0.717, 1.165) is 5.06 Å². The van der Waals surface area contributed by atoms with Gasteiger partial charge in [-0.2, -0.15) is 9.65 Å². The molecule has 0 saturated carbocycles. The van der Waals surface area contributed by atoms with Crippen molar-refractivity contribution in [2.75, 3.05) is 5.32 Å². The van der Waals surface area contributed by atoms with Gasteiger partial charge in [-0.3, -0.25) is 5.32 Å². The second-order valence-corrected chi connectivity index (χ2v) is 6.69. The molecule has 0 aliphatic carbocycles. The van der Waals surface area contributed by atoms with Gasteiger partial charge in [0.1, 0.15) is 0 Å². The van der Waals surface area contributed by atoms with Crippen molar-refractivity contribution in [3.63, 3.8) is 0 Å². The third kappa shape index (κ3) is 3.57. The molecule has 0 aromatic carbocycles. The summed E-state index contributed by atoms with van der Waals surface area (Å²) in [4.78, 5) is 7.94. The van der Waals surface area contributed by atoms with Crippen LogP contribution in [-0.4, -0.2) is 33.1 Å². The summed E-state index contributed by atoms with van der Waals surface area (Å²) in [5, 5.41) is 27.6. The van der Waals surface area contributed by atoms with E-state index in [0.29, 0.717) is 12.1 Å². The Hall–Kier alpha value is -2.24. The van der Waals surface area contributed by atoms with E-state index in [1.807, 2.05) is 27.7 Å². The van der Waals surface area contributed by atoms with E-state index >= 15 is 0 Å². The maximum Gasteiger partial charge on any atom is 0.214 e. The predicted octanol–water partition coefficient (Wildman–Crippen LogP) is 2.04. The van der Waals surface area contributed by atoms with Gasteiger partial charge in [-0.1, -0.05) is 0 Å². The van der Waals surface area contributed by atoms with Crippen LogP contribution in [0.3, 0.4) is 0 Å². The molecule has 0 spiro atoms. The maximum absolute atomic E-state index is 13.2. The second-order valence-electron chi connectivity index (χ2n) is 6.69. The van der Waals surface area contributed by atoms with Crippen molar-refractivity contribution in [1.82, 2.24) is 15.4 Å². The van der Waals surface area contributed by atoms with Gasteiger partial charge in [0.2, 0.25) is 11.9 Å². The Morgan fingerprint density at radius 2 is 2.22 bits per heavy atom. The fourth-order valence-electron chi connectivity index (χ4n) is 2.85. The second kappa shape index (κ2) is 6.10. The number of nitrogens with zero attached hydrogens (tertiary/aromatic N) is 4. The van der Waals surface area contributed by atoms with Crippen molar-refractivity contribution < 1.29 is 9.60 Å². The summed E-state index contributed by atoms with van der Waals surface area (Å²) < 4.78 is 13.2. The first-order valence-corrected chi connectivity index (χ1v) is 7.26. The van der Waals surface area contributed by atoms with Crippen LogP contribution >= 0.6 is 0 Å². The SMILES string of the molecule is CC1(C)CC(N=C(NC#N)Nc2ccnc(F)c2)C(C)(C)N1[O]. The summed E-state index contributed by atoms with van der Waals surface area (Å²) in [6.45, 7) is 7.36. The number of rotatable bonds is 2. The van der Waals surface area contributed by atoms with Gasteiger partial charge in [0, 0.05) is 23.5 Å². The Kier molecular flexibility index (Phi) is 4.54. The number of hydrogen-bond acceptors (Lipinski definition) is 4. The number of halogens is 1. The first-order chi connectivity index (χ1) is 10.7. The van der Waals surface area contributed by atoms with E-state index in [9.17, 15) is 9.60 Å². The van der Waals surface area contributed by atoms with Crippen LogP contribution < -0.4 is 10.6 Å². The molecule has 7 nitrogen and oxygen atoms in total. The molecule has 0 amide bonds. The topological polar surface area (TPSA) is 96.2 Å². The summed E-state index contributed by atoms with van der Waals surface area (Å²) in [6.07, 6.45) is 3.65. The van der Waals surface area contributed by atoms with Gasteiger partial charge in [-0.25, -0.2) is 9.98 Å². The van der Waals surface area contributed by atoms with Crippen molar-refractivity contribution in [1.29, 1.82) is 5.26 Å². The van der Waals surface area contributed by atoms with Crippen LogP contribution in [0, 0.1) is 17.4 Å². The molecule has 2 rings (SSSR count). The van der Waals surface area contributed by atoms with E-state index in [-0.39, 0.29) is 12.0 Å². The molecule has 1 aliphatic heterocycles. The van der Waals surface area contributed by atoms with Crippen molar-refractivity contribution >= 4 is 11.6 Å². The molecular formula is C15H20FN6O. The number of hydroxylamine groups is 2. The molecule has 2 N–H and O–H groups in total. The molecule has 1 fully saturated rings. The molecule has 23 heavy (non-hydrogen) atoms. The van der Waals surface area contributed by atoms with E-state index in [2.05, 4.69) is 20.6 Å². The zero-order chi connectivity index (χ0) is 17.3. The molecule has 123 valence electrons. The van der Waals surface area contributed by atoms with Crippen LogP contribution in [0.5, 0.6) is 0 Å². The molecule has 0 bridgehead atoms. The van der Waals surface area contributed by atoms with Crippen LogP contribution in [0.25, 0.3) is 0 Å². The van der Waals surface area contributed by atoms with Crippen LogP contribution in [0.4, 0.5) is 10.1 Å². The Morgan fingerprint density at radius 3 is 2.74 bits per heavy atom. The Balaban J connectivity index is 2.27. The van der Waals surface area contributed by atoms with E-state index in [1.54, 1.807) is 12.3 Å².